The number of rotatable bonds is 5. The fraction of sp³-hybridized carbons (Fsp3) is 0.632. The number of carbonyl (C=O) groups excluding carboxylic acids is 1. The highest BCUT2D eigenvalue weighted by atomic mass is 16.7. The van der Waals surface area contributed by atoms with Crippen molar-refractivity contribution in [3.05, 3.63) is 35.9 Å². The van der Waals surface area contributed by atoms with E-state index in [9.17, 15) is 9.90 Å². The highest BCUT2D eigenvalue weighted by Crippen LogP contribution is 2.45. The number of hydrogen-bond acceptors (Lipinski definition) is 6. The van der Waals surface area contributed by atoms with Crippen molar-refractivity contribution < 1.29 is 28.8 Å². The fourth-order valence-corrected chi connectivity index (χ4v) is 2.99. The molecule has 0 radical (unpaired) electrons. The van der Waals surface area contributed by atoms with Crippen molar-refractivity contribution in [2.24, 2.45) is 5.92 Å². The number of hydrogen-bond donors (Lipinski definition) is 1. The van der Waals surface area contributed by atoms with Crippen LogP contribution in [0.3, 0.4) is 0 Å². The van der Waals surface area contributed by atoms with E-state index in [1.54, 1.807) is 27.7 Å². The van der Waals surface area contributed by atoms with Crippen LogP contribution < -0.4 is 0 Å². The Kier molecular flexibility index (Phi) is 4.90. The minimum atomic E-state index is -1.40. The van der Waals surface area contributed by atoms with Crippen molar-refractivity contribution in [1.29, 1.82) is 0 Å². The van der Waals surface area contributed by atoms with Crippen molar-refractivity contribution in [2.75, 3.05) is 6.61 Å². The Morgan fingerprint density at radius 2 is 2.04 bits per heavy atom. The van der Waals surface area contributed by atoms with Gasteiger partial charge in [0, 0.05) is 0 Å². The molecule has 0 amide bonds. The average Bonchev–Trinajstić information content (AvgIpc) is 3.35. The molecule has 0 spiro atoms. The van der Waals surface area contributed by atoms with E-state index in [1.165, 1.54) is 0 Å². The summed E-state index contributed by atoms with van der Waals surface area (Å²) in [7, 11) is 0. The number of benzene rings is 1. The Bertz CT molecular complexity index is 610. The van der Waals surface area contributed by atoms with E-state index in [2.05, 4.69) is 0 Å². The Labute approximate surface area is 148 Å². The van der Waals surface area contributed by atoms with Crippen molar-refractivity contribution in [3.63, 3.8) is 0 Å². The number of carbonyl (C=O) groups is 1. The van der Waals surface area contributed by atoms with Gasteiger partial charge >= 0.3 is 5.97 Å². The monoisotopic (exact) mass is 350 g/mol. The van der Waals surface area contributed by atoms with Crippen molar-refractivity contribution in [3.8, 4) is 0 Å². The molecule has 2 heterocycles. The lowest BCUT2D eigenvalue weighted by Gasteiger charge is -2.37. The smallest absolute Gasteiger partial charge is 0.312 e. The molecule has 0 aliphatic carbocycles. The van der Waals surface area contributed by atoms with Gasteiger partial charge in [0.15, 0.2) is 6.29 Å². The molecule has 0 saturated carbocycles. The predicted molar refractivity (Wildman–Crippen MR) is 89.6 cm³/mol. The topological polar surface area (TPSA) is 77.5 Å². The lowest BCUT2D eigenvalue weighted by molar-refractivity contribution is -0.218. The van der Waals surface area contributed by atoms with Gasteiger partial charge in [0.05, 0.1) is 19.1 Å². The second-order valence-corrected chi connectivity index (χ2v) is 7.74. The van der Waals surface area contributed by atoms with Crippen LogP contribution in [0, 0.1) is 5.92 Å². The molecule has 138 valence electrons. The summed E-state index contributed by atoms with van der Waals surface area (Å²) in [6.45, 7) is 7.39. The van der Waals surface area contributed by atoms with Gasteiger partial charge < -0.3 is 24.1 Å². The molecular weight excluding hydrogens is 324 g/mol. The van der Waals surface area contributed by atoms with E-state index in [0.29, 0.717) is 6.61 Å². The lowest BCUT2D eigenvalue weighted by Crippen LogP contribution is -2.56. The van der Waals surface area contributed by atoms with E-state index < -0.39 is 35.5 Å². The van der Waals surface area contributed by atoms with Gasteiger partial charge in [-0.1, -0.05) is 30.3 Å². The molecule has 2 aliphatic heterocycles. The number of aliphatic hydroxyl groups is 1. The maximum absolute atomic E-state index is 12.3. The zero-order valence-corrected chi connectivity index (χ0v) is 15.1. The summed E-state index contributed by atoms with van der Waals surface area (Å²) in [6.07, 6.45) is -1.40. The molecule has 2 saturated heterocycles. The van der Waals surface area contributed by atoms with Gasteiger partial charge in [0.2, 0.25) is 0 Å². The number of esters is 1. The largest absolute Gasteiger partial charge is 0.460 e. The predicted octanol–water partition coefficient (Wildman–Crippen LogP) is 2.04. The molecule has 2 aliphatic rings. The quantitative estimate of drug-likeness (QED) is 0.647. The molecule has 6 heteroatoms. The minimum absolute atomic E-state index is 0.0337. The molecule has 6 nitrogen and oxygen atoms in total. The van der Waals surface area contributed by atoms with Gasteiger partial charge in [-0.3, -0.25) is 4.79 Å². The van der Waals surface area contributed by atoms with Gasteiger partial charge in [-0.15, -0.1) is 0 Å². The molecule has 0 bridgehead atoms. The van der Waals surface area contributed by atoms with Gasteiger partial charge in [-0.05, 0) is 33.3 Å². The Hall–Kier alpha value is -1.47. The summed E-state index contributed by atoms with van der Waals surface area (Å²) in [5.41, 5.74) is -0.978. The SMILES string of the molecule is CC(C(=O)OC(C)(C)C)[C@]1(O)CO[C@H](OCc2ccccc2)[C@H]2O[C@H]21. The minimum Gasteiger partial charge on any atom is -0.460 e. The van der Waals surface area contributed by atoms with Crippen LogP contribution in [-0.4, -0.2) is 47.4 Å². The van der Waals surface area contributed by atoms with Crippen LogP contribution in [0.5, 0.6) is 0 Å². The standard InChI is InChI=1S/C19H26O6/c1-12(16(20)25-18(2,3)4)19(21)11-23-17(14-15(19)24-14)22-10-13-8-6-5-7-9-13/h5-9,12,14-15,17,21H,10-11H2,1-4H3/t12?,14-,15+,17-,19+/m0/s1. The normalized spacial score (nSPS) is 32.6. The summed E-state index contributed by atoms with van der Waals surface area (Å²) in [4.78, 5) is 12.3. The summed E-state index contributed by atoms with van der Waals surface area (Å²) in [5.74, 6) is -1.21. The average molecular weight is 350 g/mol. The maximum Gasteiger partial charge on any atom is 0.312 e. The van der Waals surface area contributed by atoms with Crippen molar-refractivity contribution >= 4 is 5.97 Å². The molecule has 0 aromatic heterocycles. The third-order valence-corrected chi connectivity index (χ3v) is 4.53. The lowest BCUT2D eigenvalue weighted by atomic mass is 9.83. The van der Waals surface area contributed by atoms with Crippen molar-refractivity contribution in [1.82, 2.24) is 0 Å². The second-order valence-electron chi connectivity index (χ2n) is 7.74. The first-order valence-corrected chi connectivity index (χ1v) is 8.58. The maximum atomic E-state index is 12.3. The van der Waals surface area contributed by atoms with Crippen LogP contribution in [0.25, 0.3) is 0 Å². The highest BCUT2D eigenvalue weighted by Gasteiger charge is 2.65. The van der Waals surface area contributed by atoms with Crippen LogP contribution in [0.4, 0.5) is 0 Å². The van der Waals surface area contributed by atoms with Crippen LogP contribution in [-0.2, 0) is 30.3 Å². The third-order valence-electron chi connectivity index (χ3n) is 4.53. The van der Waals surface area contributed by atoms with E-state index >= 15 is 0 Å². The molecule has 1 unspecified atom stereocenters. The zero-order valence-electron chi connectivity index (χ0n) is 15.1. The van der Waals surface area contributed by atoms with Gasteiger partial charge in [-0.25, -0.2) is 0 Å². The van der Waals surface area contributed by atoms with Crippen LogP contribution >= 0.6 is 0 Å². The molecule has 3 rings (SSSR count). The van der Waals surface area contributed by atoms with E-state index in [1.807, 2.05) is 30.3 Å². The van der Waals surface area contributed by atoms with Crippen LogP contribution in [0.15, 0.2) is 30.3 Å². The summed E-state index contributed by atoms with van der Waals surface area (Å²) in [5, 5.41) is 10.9. The second kappa shape index (κ2) is 6.68. The third kappa shape index (κ3) is 4.03. The number of epoxide rings is 1. The van der Waals surface area contributed by atoms with E-state index in [0.717, 1.165) is 5.56 Å². The first-order valence-electron chi connectivity index (χ1n) is 8.58. The molecule has 5 atom stereocenters. The van der Waals surface area contributed by atoms with E-state index in [-0.39, 0.29) is 12.7 Å². The van der Waals surface area contributed by atoms with Crippen molar-refractivity contribution in [2.45, 2.75) is 64.0 Å². The summed E-state index contributed by atoms with van der Waals surface area (Å²) < 4.78 is 22.4. The highest BCUT2D eigenvalue weighted by molar-refractivity contribution is 5.74. The summed E-state index contributed by atoms with van der Waals surface area (Å²) >= 11 is 0. The number of fused-ring (bicyclic) bond motifs is 1. The first-order chi connectivity index (χ1) is 11.7. The number of ether oxygens (including phenoxy) is 4. The Morgan fingerprint density at radius 3 is 2.68 bits per heavy atom. The van der Waals surface area contributed by atoms with Crippen LogP contribution in [0.1, 0.15) is 33.3 Å². The molecule has 2 fully saturated rings. The van der Waals surface area contributed by atoms with Crippen LogP contribution in [0.2, 0.25) is 0 Å². The van der Waals surface area contributed by atoms with E-state index in [4.69, 9.17) is 18.9 Å². The van der Waals surface area contributed by atoms with Gasteiger partial charge in [0.25, 0.3) is 0 Å². The summed E-state index contributed by atoms with van der Waals surface area (Å²) in [6, 6.07) is 9.76. The van der Waals surface area contributed by atoms with Gasteiger partial charge in [-0.2, -0.15) is 0 Å². The van der Waals surface area contributed by atoms with Gasteiger partial charge in [0.1, 0.15) is 23.4 Å². The molecular formula is C19H26O6. The Morgan fingerprint density at radius 1 is 1.36 bits per heavy atom. The first kappa shape index (κ1) is 18.3. The fourth-order valence-electron chi connectivity index (χ4n) is 2.99. The Balaban J connectivity index is 1.57. The molecule has 1 aromatic carbocycles. The molecule has 25 heavy (non-hydrogen) atoms. The zero-order chi connectivity index (χ0) is 18.2. The molecule has 1 aromatic rings. The molecule has 1 N–H and O–H groups in total.